The Morgan fingerprint density at radius 3 is 2.64 bits per heavy atom. The molecule has 0 saturated heterocycles. The van der Waals surface area contributed by atoms with Gasteiger partial charge in [-0.05, 0) is 19.8 Å². The maximum Gasteiger partial charge on any atom is 0.0962 e. The summed E-state index contributed by atoms with van der Waals surface area (Å²) in [6.07, 6.45) is 6.93. The van der Waals surface area contributed by atoms with Gasteiger partial charge >= 0.3 is 0 Å². The minimum atomic E-state index is 0.764. The predicted octanol–water partition coefficient (Wildman–Crippen LogP) is 4.39. The van der Waals surface area contributed by atoms with Crippen LogP contribution in [-0.2, 0) is 5.33 Å². The summed E-state index contributed by atoms with van der Waals surface area (Å²) >= 11 is 5.42. The SMILES string of the molecule is Cc1nc(C2CCCCC2)sc1CBr. The number of thiazole rings is 1. The van der Waals surface area contributed by atoms with E-state index in [2.05, 4.69) is 22.9 Å². The van der Waals surface area contributed by atoms with E-state index in [1.807, 2.05) is 11.3 Å². The average Bonchev–Trinajstić information content (AvgIpc) is 2.61. The van der Waals surface area contributed by atoms with E-state index in [4.69, 9.17) is 4.98 Å². The molecule has 0 aromatic carbocycles. The number of halogens is 1. The monoisotopic (exact) mass is 273 g/mol. The molecule has 2 rings (SSSR count). The summed E-state index contributed by atoms with van der Waals surface area (Å²) in [5.41, 5.74) is 1.23. The lowest BCUT2D eigenvalue weighted by atomic mass is 9.90. The third kappa shape index (κ3) is 2.19. The van der Waals surface area contributed by atoms with Crippen LogP contribution in [0.2, 0.25) is 0 Å². The van der Waals surface area contributed by atoms with Crippen LogP contribution < -0.4 is 0 Å². The molecule has 0 bridgehead atoms. The van der Waals surface area contributed by atoms with E-state index in [-0.39, 0.29) is 0 Å². The first kappa shape index (κ1) is 10.6. The fourth-order valence-corrected chi connectivity index (χ4v) is 3.93. The average molecular weight is 274 g/mol. The van der Waals surface area contributed by atoms with Crippen molar-refractivity contribution >= 4 is 27.3 Å². The number of nitrogens with zero attached hydrogens (tertiary/aromatic N) is 1. The molecule has 1 fully saturated rings. The molecule has 1 saturated carbocycles. The van der Waals surface area contributed by atoms with E-state index in [1.54, 1.807) is 0 Å². The lowest BCUT2D eigenvalue weighted by Gasteiger charge is -2.18. The molecule has 0 unspecified atom stereocenters. The second-order valence-corrected chi connectivity index (χ2v) is 5.71. The highest BCUT2D eigenvalue weighted by Gasteiger charge is 2.19. The van der Waals surface area contributed by atoms with Crippen molar-refractivity contribution in [3.8, 4) is 0 Å². The van der Waals surface area contributed by atoms with Gasteiger partial charge in [0.1, 0.15) is 0 Å². The van der Waals surface area contributed by atoms with E-state index >= 15 is 0 Å². The van der Waals surface area contributed by atoms with Crippen LogP contribution in [0.25, 0.3) is 0 Å². The first-order valence-electron chi connectivity index (χ1n) is 5.33. The van der Waals surface area contributed by atoms with Crippen LogP contribution in [0.4, 0.5) is 0 Å². The maximum atomic E-state index is 4.69. The van der Waals surface area contributed by atoms with Gasteiger partial charge in [0.15, 0.2) is 0 Å². The summed E-state index contributed by atoms with van der Waals surface area (Å²) in [5.74, 6) is 0.764. The molecule has 1 aliphatic carbocycles. The molecule has 0 aliphatic heterocycles. The molecule has 1 aromatic heterocycles. The molecule has 14 heavy (non-hydrogen) atoms. The van der Waals surface area contributed by atoms with Gasteiger partial charge in [-0.25, -0.2) is 4.98 Å². The molecule has 0 spiro atoms. The van der Waals surface area contributed by atoms with Crippen LogP contribution >= 0.6 is 27.3 Å². The van der Waals surface area contributed by atoms with Crippen LogP contribution in [-0.4, -0.2) is 4.98 Å². The first-order valence-corrected chi connectivity index (χ1v) is 7.27. The molecule has 78 valence electrons. The summed E-state index contributed by atoms with van der Waals surface area (Å²) in [4.78, 5) is 6.10. The fraction of sp³-hybridized carbons (Fsp3) is 0.727. The van der Waals surface area contributed by atoms with Gasteiger partial charge in [0.05, 0.1) is 10.7 Å². The maximum absolute atomic E-state index is 4.69. The largest absolute Gasteiger partial charge is 0.246 e. The van der Waals surface area contributed by atoms with Gasteiger partial charge in [-0.1, -0.05) is 35.2 Å². The normalized spacial score (nSPS) is 18.7. The molecule has 0 N–H and O–H groups in total. The molecule has 1 heterocycles. The van der Waals surface area contributed by atoms with Crippen molar-refractivity contribution in [1.29, 1.82) is 0 Å². The Balaban J connectivity index is 2.14. The molecule has 0 radical (unpaired) electrons. The Hall–Kier alpha value is 0.110. The summed E-state index contributed by atoms with van der Waals surface area (Å²) in [6, 6.07) is 0. The predicted molar refractivity (Wildman–Crippen MR) is 65.3 cm³/mol. The number of hydrogen-bond acceptors (Lipinski definition) is 2. The first-order chi connectivity index (χ1) is 6.81. The second-order valence-electron chi connectivity index (χ2n) is 4.03. The topological polar surface area (TPSA) is 12.9 Å². The van der Waals surface area contributed by atoms with Crippen LogP contribution in [0.1, 0.15) is 53.6 Å². The van der Waals surface area contributed by atoms with E-state index in [1.165, 1.54) is 47.7 Å². The molecule has 0 amide bonds. The fourth-order valence-electron chi connectivity index (χ4n) is 2.10. The Bertz CT molecular complexity index is 302. The second kappa shape index (κ2) is 4.75. The Morgan fingerprint density at radius 1 is 1.36 bits per heavy atom. The van der Waals surface area contributed by atoms with Gasteiger partial charge in [0.25, 0.3) is 0 Å². The zero-order chi connectivity index (χ0) is 9.97. The highest BCUT2D eigenvalue weighted by molar-refractivity contribution is 9.08. The van der Waals surface area contributed by atoms with Gasteiger partial charge in [-0.2, -0.15) is 0 Å². The van der Waals surface area contributed by atoms with Crippen LogP contribution in [0.5, 0.6) is 0 Å². The quantitative estimate of drug-likeness (QED) is 0.729. The molecule has 0 atom stereocenters. The van der Waals surface area contributed by atoms with Crippen LogP contribution in [0, 0.1) is 6.92 Å². The van der Waals surface area contributed by atoms with Crippen LogP contribution in [0.3, 0.4) is 0 Å². The summed E-state index contributed by atoms with van der Waals surface area (Å²) in [6.45, 7) is 2.12. The van der Waals surface area contributed by atoms with Crippen molar-refractivity contribution in [2.75, 3.05) is 0 Å². The van der Waals surface area contributed by atoms with Crippen LogP contribution in [0.15, 0.2) is 0 Å². The zero-order valence-corrected chi connectivity index (χ0v) is 11.0. The highest BCUT2D eigenvalue weighted by Crippen LogP contribution is 2.36. The summed E-state index contributed by atoms with van der Waals surface area (Å²) in [7, 11) is 0. The number of hydrogen-bond donors (Lipinski definition) is 0. The van der Waals surface area contributed by atoms with Gasteiger partial charge < -0.3 is 0 Å². The third-order valence-corrected chi connectivity index (χ3v) is 5.24. The number of aromatic nitrogens is 1. The Kier molecular flexibility index (Phi) is 3.61. The Morgan fingerprint density at radius 2 is 2.07 bits per heavy atom. The van der Waals surface area contributed by atoms with Gasteiger partial charge in [-0.15, -0.1) is 11.3 Å². The minimum Gasteiger partial charge on any atom is -0.246 e. The van der Waals surface area contributed by atoms with Crippen molar-refractivity contribution in [3.05, 3.63) is 15.6 Å². The van der Waals surface area contributed by atoms with Crippen molar-refractivity contribution in [3.63, 3.8) is 0 Å². The van der Waals surface area contributed by atoms with E-state index in [9.17, 15) is 0 Å². The number of rotatable bonds is 2. The van der Waals surface area contributed by atoms with Gasteiger partial charge in [-0.3, -0.25) is 0 Å². The molecule has 1 nitrogen and oxygen atoms in total. The Labute approximate surface area is 98.1 Å². The lowest BCUT2D eigenvalue weighted by molar-refractivity contribution is 0.442. The van der Waals surface area contributed by atoms with E-state index in [0.29, 0.717) is 0 Å². The zero-order valence-electron chi connectivity index (χ0n) is 8.55. The van der Waals surface area contributed by atoms with Crippen molar-refractivity contribution < 1.29 is 0 Å². The van der Waals surface area contributed by atoms with Crippen molar-refractivity contribution in [2.45, 2.75) is 50.3 Å². The molecular formula is C11H16BrNS. The molecule has 3 heteroatoms. The standard InChI is InChI=1S/C11H16BrNS/c1-8-10(7-12)14-11(13-8)9-5-3-2-4-6-9/h9H,2-7H2,1H3. The molecular weight excluding hydrogens is 258 g/mol. The minimum absolute atomic E-state index is 0.764. The number of alkyl halides is 1. The lowest BCUT2D eigenvalue weighted by Crippen LogP contribution is -2.03. The van der Waals surface area contributed by atoms with E-state index < -0.39 is 0 Å². The smallest absolute Gasteiger partial charge is 0.0962 e. The summed E-state index contributed by atoms with van der Waals surface area (Å²) < 4.78 is 0. The molecule has 1 aliphatic rings. The van der Waals surface area contributed by atoms with Gasteiger partial charge in [0, 0.05) is 16.1 Å². The summed E-state index contributed by atoms with van der Waals surface area (Å²) in [5, 5.41) is 2.35. The van der Waals surface area contributed by atoms with Crippen molar-refractivity contribution in [1.82, 2.24) is 4.98 Å². The third-order valence-electron chi connectivity index (χ3n) is 2.98. The van der Waals surface area contributed by atoms with E-state index in [0.717, 1.165) is 11.2 Å². The van der Waals surface area contributed by atoms with Gasteiger partial charge in [0.2, 0.25) is 0 Å². The molecule has 1 aromatic rings. The highest BCUT2D eigenvalue weighted by atomic mass is 79.9. The van der Waals surface area contributed by atoms with Crippen molar-refractivity contribution in [2.24, 2.45) is 0 Å². The number of aryl methyl sites for hydroxylation is 1.